The number of nitrogens with zero attached hydrogens (tertiary/aromatic N) is 2. The average molecular weight is 325 g/mol. The summed E-state index contributed by atoms with van der Waals surface area (Å²) in [6.07, 6.45) is 4.81. The molecule has 1 fully saturated rings. The molecule has 0 aliphatic heterocycles. The number of hydrogen-bond acceptors (Lipinski definition) is 5. The predicted octanol–water partition coefficient (Wildman–Crippen LogP) is 3.48. The number of aliphatic hydroxyl groups excluding tert-OH is 1. The number of H-pyrrole nitrogens is 1. The van der Waals surface area contributed by atoms with Gasteiger partial charge in [-0.05, 0) is 30.9 Å². The van der Waals surface area contributed by atoms with Crippen LogP contribution in [0.3, 0.4) is 0 Å². The molecule has 2 N–H and O–H groups in total. The highest BCUT2D eigenvalue weighted by Gasteiger charge is 2.20. The minimum Gasteiger partial charge on any atom is -0.507 e. The minimum absolute atomic E-state index is 0.0140. The standard InChI is InChI=1S/C18H19N3O3/c19-10-13(18-20-14-7-3-4-8-15(14)21-18)16(22)11-24-17(23)9-12-5-1-2-6-12/h3-4,7-8,12,22H,1-2,5-6,9,11H2,(H,20,21)/b16-13-. The maximum Gasteiger partial charge on any atom is 0.306 e. The fourth-order valence-electron chi connectivity index (χ4n) is 3.06. The molecule has 0 amide bonds. The summed E-state index contributed by atoms with van der Waals surface area (Å²) < 4.78 is 5.10. The molecule has 1 saturated carbocycles. The summed E-state index contributed by atoms with van der Waals surface area (Å²) in [5.41, 5.74) is 1.46. The van der Waals surface area contributed by atoms with Gasteiger partial charge in [0.1, 0.15) is 18.2 Å². The lowest BCUT2D eigenvalue weighted by molar-refractivity contribution is -0.144. The van der Waals surface area contributed by atoms with Crippen LogP contribution >= 0.6 is 0 Å². The molecule has 24 heavy (non-hydrogen) atoms. The van der Waals surface area contributed by atoms with Crippen molar-refractivity contribution in [2.24, 2.45) is 5.92 Å². The lowest BCUT2D eigenvalue weighted by Gasteiger charge is -2.09. The van der Waals surface area contributed by atoms with Crippen LogP contribution in [0.15, 0.2) is 30.0 Å². The van der Waals surface area contributed by atoms with Crippen molar-refractivity contribution in [3.05, 3.63) is 35.8 Å². The Labute approximate surface area is 139 Å². The monoisotopic (exact) mass is 325 g/mol. The predicted molar refractivity (Wildman–Crippen MR) is 88.8 cm³/mol. The topological polar surface area (TPSA) is 99.0 Å². The van der Waals surface area contributed by atoms with Gasteiger partial charge in [-0.2, -0.15) is 5.26 Å². The number of carbonyl (C=O) groups is 1. The summed E-state index contributed by atoms with van der Waals surface area (Å²) in [6.45, 7) is -0.314. The second kappa shape index (κ2) is 7.18. The average Bonchev–Trinajstić information content (AvgIpc) is 3.22. The van der Waals surface area contributed by atoms with E-state index in [0.717, 1.165) is 31.2 Å². The summed E-state index contributed by atoms with van der Waals surface area (Å²) in [4.78, 5) is 19.1. The van der Waals surface area contributed by atoms with E-state index in [9.17, 15) is 15.2 Å². The van der Waals surface area contributed by atoms with Crippen LogP contribution in [-0.4, -0.2) is 27.7 Å². The number of esters is 1. The number of nitriles is 1. The van der Waals surface area contributed by atoms with Gasteiger partial charge in [0, 0.05) is 6.42 Å². The van der Waals surface area contributed by atoms with E-state index in [4.69, 9.17) is 4.74 Å². The zero-order valence-corrected chi connectivity index (χ0v) is 13.3. The minimum atomic E-state index is -0.338. The number of hydrogen-bond donors (Lipinski definition) is 2. The van der Waals surface area contributed by atoms with E-state index < -0.39 is 0 Å². The van der Waals surface area contributed by atoms with Gasteiger partial charge in [0.2, 0.25) is 0 Å². The largest absolute Gasteiger partial charge is 0.507 e. The van der Waals surface area contributed by atoms with E-state index in [2.05, 4.69) is 9.97 Å². The first-order valence-electron chi connectivity index (χ1n) is 8.10. The van der Waals surface area contributed by atoms with Crippen LogP contribution in [0.5, 0.6) is 0 Å². The van der Waals surface area contributed by atoms with Crippen LogP contribution in [-0.2, 0) is 9.53 Å². The molecule has 1 aliphatic carbocycles. The van der Waals surface area contributed by atoms with E-state index in [1.54, 1.807) is 0 Å². The normalized spacial score (nSPS) is 16.0. The first-order chi connectivity index (χ1) is 11.7. The van der Waals surface area contributed by atoms with Crippen molar-refractivity contribution in [3.63, 3.8) is 0 Å². The van der Waals surface area contributed by atoms with Crippen LogP contribution in [0.4, 0.5) is 0 Å². The molecule has 1 aliphatic rings. The highest BCUT2D eigenvalue weighted by Crippen LogP contribution is 2.27. The van der Waals surface area contributed by atoms with Crippen molar-refractivity contribution in [2.75, 3.05) is 6.61 Å². The zero-order valence-electron chi connectivity index (χ0n) is 13.3. The Kier molecular flexibility index (Phi) is 4.80. The smallest absolute Gasteiger partial charge is 0.306 e. The first kappa shape index (κ1) is 16.1. The number of carbonyl (C=O) groups excluding carboxylic acids is 1. The third kappa shape index (κ3) is 3.57. The summed E-state index contributed by atoms with van der Waals surface area (Å²) >= 11 is 0. The number of allylic oxidation sites excluding steroid dienone is 1. The Morgan fingerprint density at radius 1 is 1.38 bits per heavy atom. The Morgan fingerprint density at radius 2 is 2.12 bits per heavy atom. The second-order valence-corrected chi connectivity index (χ2v) is 6.05. The number of imidazole rings is 1. The summed E-state index contributed by atoms with van der Waals surface area (Å²) in [6, 6.07) is 9.25. The summed E-state index contributed by atoms with van der Waals surface area (Å²) in [7, 11) is 0. The molecular formula is C18H19N3O3. The number of aliphatic hydroxyl groups is 1. The molecule has 1 heterocycles. The summed E-state index contributed by atoms with van der Waals surface area (Å²) in [5.74, 6) is 0.0177. The molecule has 0 unspecified atom stereocenters. The van der Waals surface area contributed by atoms with Crippen LogP contribution in [0.25, 0.3) is 16.6 Å². The van der Waals surface area contributed by atoms with Crippen LogP contribution in [0.2, 0.25) is 0 Å². The molecule has 2 aromatic rings. The summed E-state index contributed by atoms with van der Waals surface area (Å²) in [5, 5.41) is 19.4. The van der Waals surface area contributed by atoms with E-state index >= 15 is 0 Å². The Hall–Kier alpha value is -2.81. The van der Waals surface area contributed by atoms with Gasteiger partial charge < -0.3 is 14.8 Å². The lowest BCUT2D eigenvalue weighted by Crippen LogP contribution is -2.12. The molecule has 3 rings (SSSR count). The number of nitrogens with one attached hydrogen (secondary N) is 1. The highest BCUT2D eigenvalue weighted by atomic mass is 16.5. The maximum atomic E-state index is 11.8. The SMILES string of the molecule is N#C/C(=C(/O)COC(=O)CC1CCCC1)c1nc2ccccc2[nH]1. The highest BCUT2D eigenvalue weighted by molar-refractivity contribution is 5.82. The van der Waals surface area contributed by atoms with Crippen molar-refractivity contribution < 1.29 is 14.6 Å². The van der Waals surface area contributed by atoms with Crippen molar-refractivity contribution in [2.45, 2.75) is 32.1 Å². The van der Waals surface area contributed by atoms with Gasteiger partial charge >= 0.3 is 5.97 Å². The second-order valence-electron chi connectivity index (χ2n) is 6.05. The van der Waals surface area contributed by atoms with Crippen molar-refractivity contribution >= 4 is 22.6 Å². The van der Waals surface area contributed by atoms with Gasteiger partial charge in [-0.1, -0.05) is 25.0 Å². The number of ether oxygens (including phenoxy) is 1. The van der Waals surface area contributed by atoms with E-state index in [1.165, 1.54) is 0 Å². The third-order valence-corrected chi connectivity index (χ3v) is 4.33. The first-order valence-corrected chi connectivity index (χ1v) is 8.10. The van der Waals surface area contributed by atoms with E-state index in [0.29, 0.717) is 17.9 Å². The molecule has 0 atom stereocenters. The number of rotatable bonds is 5. The van der Waals surface area contributed by atoms with Crippen LogP contribution in [0.1, 0.15) is 37.9 Å². The van der Waals surface area contributed by atoms with Crippen molar-refractivity contribution in [3.8, 4) is 6.07 Å². The quantitative estimate of drug-likeness (QED) is 0.498. The molecule has 0 radical (unpaired) electrons. The van der Waals surface area contributed by atoms with Crippen LogP contribution < -0.4 is 0 Å². The van der Waals surface area contributed by atoms with Crippen molar-refractivity contribution in [1.29, 1.82) is 5.26 Å². The molecule has 1 aromatic carbocycles. The van der Waals surface area contributed by atoms with Crippen molar-refractivity contribution in [1.82, 2.24) is 9.97 Å². The molecular weight excluding hydrogens is 306 g/mol. The Bertz CT molecular complexity index is 777. The number of para-hydroxylation sites is 2. The maximum absolute atomic E-state index is 11.8. The van der Waals surface area contributed by atoms with E-state index in [1.807, 2.05) is 30.3 Å². The van der Waals surface area contributed by atoms with Gasteiger partial charge in [0.25, 0.3) is 0 Å². The molecule has 6 heteroatoms. The van der Waals surface area contributed by atoms with E-state index in [-0.39, 0.29) is 29.7 Å². The fraction of sp³-hybridized carbons (Fsp3) is 0.389. The zero-order chi connectivity index (χ0) is 16.9. The molecule has 0 bridgehead atoms. The Morgan fingerprint density at radius 3 is 2.83 bits per heavy atom. The van der Waals surface area contributed by atoms with Gasteiger partial charge in [0.15, 0.2) is 11.6 Å². The van der Waals surface area contributed by atoms with Gasteiger partial charge in [-0.3, -0.25) is 4.79 Å². The molecule has 124 valence electrons. The molecule has 1 aromatic heterocycles. The molecule has 0 saturated heterocycles. The van der Waals surface area contributed by atoms with Gasteiger partial charge in [-0.15, -0.1) is 0 Å². The number of fused-ring (bicyclic) bond motifs is 1. The number of aromatic amines is 1. The Balaban J connectivity index is 1.68. The number of aromatic nitrogens is 2. The molecule has 0 spiro atoms. The number of benzene rings is 1. The van der Waals surface area contributed by atoms with Gasteiger partial charge in [0.05, 0.1) is 11.0 Å². The van der Waals surface area contributed by atoms with Gasteiger partial charge in [-0.25, -0.2) is 4.98 Å². The fourth-order valence-corrected chi connectivity index (χ4v) is 3.06. The third-order valence-electron chi connectivity index (χ3n) is 4.33. The van der Waals surface area contributed by atoms with Crippen LogP contribution in [0, 0.1) is 17.2 Å². The molecule has 6 nitrogen and oxygen atoms in total. The lowest BCUT2D eigenvalue weighted by atomic mass is 10.0.